The Balaban J connectivity index is 1.63. The molecule has 3 aliphatic rings. The van der Waals surface area contributed by atoms with Crippen LogP contribution >= 0.6 is 0 Å². The first-order chi connectivity index (χ1) is 12.2. The molecule has 8 heteroatoms. The van der Waals surface area contributed by atoms with Crippen LogP contribution in [0.1, 0.15) is 45.4 Å². The van der Waals surface area contributed by atoms with Crippen LogP contribution in [0.2, 0.25) is 0 Å². The lowest BCUT2D eigenvalue weighted by molar-refractivity contribution is -0.188. The number of aliphatic carboxylic acids is 1. The third-order valence-corrected chi connectivity index (χ3v) is 6.10. The molecule has 0 aromatic carbocycles. The zero-order valence-corrected chi connectivity index (χ0v) is 15.0. The zero-order valence-electron chi connectivity index (χ0n) is 15.0. The Hall–Kier alpha value is -1.31. The van der Waals surface area contributed by atoms with E-state index in [-0.39, 0.29) is 31.1 Å². The molecule has 1 amide bonds. The van der Waals surface area contributed by atoms with Gasteiger partial charge in [0.2, 0.25) is 5.91 Å². The van der Waals surface area contributed by atoms with Crippen molar-refractivity contribution in [2.75, 3.05) is 19.6 Å². The van der Waals surface area contributed by atoms with E-state index in [0.29, 0.717) is 5.92 Å². The predicted molar refractivity (Wildman–Crippen MR) is 88.4 cm³/mol. The van der Waals surface area contributed by atoms with E-state index in [2.05, 4.69) is 6.92 Å². The largest absolute Gasteiger partial charge is 0.481 e. The van der Waals surface area contributed by atoms with Crippen LogP contribution in [-0.2, 0) is 9.59 Å². The molecule has 0 aromatic heterocycles. The topological polar surface area (TPSA) is 60.9 Å². The fourth-order valence-corrected chi connectivity index (χ4v) is 4.45. The van der Waals surface area contributed by atoms with Crippen molar-refractivity contribution < 1.29 is 27.9 Å². The summed E-state index contributed by atoms with van der Waals surface area (Å²) in [6, 6.07) is 0.402. The summed E-state index contributed by atoms with van der Waals surface area (Å²) in [6.07, 6.45) is 1.40. The quantitative estimate of drug-likeness (QED) is 0.802. The summed E-state index contributed by atoms with van der Waals surface area (Å²) in [7, 11) is 0. The first kappa shape index (κ1) is 19.5. The molecular formula is C18H27F3N2O3. The molecule has 3 rings (SSSR count). The van der Waals surface area contributed by atoms with Crippen molar-refractivity contribution >= 4 is 11.9 Å². The molecule has 0 unspecified atom stereocenters. The summed E-state index contributed by atoms with van der Waals surface area (Å²) >= 11 is 0. The van der Waals surface area contributed by atoms with E-state index in [1.54, 1.807) is 0 Å². The van der Waals surface area contributed by atoms with Crippen molar-refractivity contribution in [3.63, 3.8) is 0 Å². The van der Waals surface area contributed by atoms with Crippen LogP contribution in [0.5, 0.6) is 0 Å². The molecule has 148 valence electrons. The van der Waals surface area contributed by atoms with Gasteiger partial charge in [0.05, 0.1) is 18.4 Å². The van der Waals surface area contributed by atoms with Gasteiger partial charge in [0, 0.05) is 25.2 Å². The Morgan fingerprint density at radius 3 is 2.00 bits per heavy atom. The molecule has 1 N–H and O–H groups in total. The Morgan fingerprint density at radius 2 is 1.58 bits per heavy atom. The second-order valence-electron chi connectivity index (χ2n) is 8.23. The number of halogens is 3. The molecule has 0 spiro atoms. The summed E-state index contributed by atoms with van der Waals surface area (Å²) in [5.74, 6) is -4.32. The Labute approximate surface area is 151 Å². The highest BCUT2D eigenvalue weighted by Gasteiger charge is 2.53. The molecule has 1 aliphatic heterocycles. The average Bonchev–Trinajstić information content (AvgIpc) is 3.26. The van der Waals surface area contributed by atoms with Crippen molar-refractivity contribution in [2.45, 2.75) is 63.7 Å². The highest BCUT2D eigenvalue weighted by Crippen LogP contribution is 2.39. The molecule has 0 bridgehead atoms. The monoisotopic (exact) mass is 376 g/mol. The van der Waals surface area contributed by atoms with Gasteiger partial charge in [-0.25, -0.2) is 0 Å². The van der Waals surface area contributed by atoms with Gasteiger partial charge in [-0.1, -0.05) is 6.92 Å². The van der Waals surface area contributed by atoms with Gasteiger partial charge in [-0.3, -0.25) is 14.5 Å². The Kier molecular flexibility index (Phi) is 5.51. The van der Waals surface area contributed by atoms with Crippen molar-refractivity contribution in [2.24, 2.45) is 17.8 Å². The number of nitrogens with zero attached hydrogens (tertiary/aromatic N) is 2. The second-order valence-corrected chi connectivity index (χ2v) is 8.23. The van der Waals surface area contributed by atoms with Crippen molar-refractivity contribution in [1.29, 1.82) is 0 Å². The number of carboxylic acid groups (broad SMARTS) is 1. The predicted octanol–water partition coefficient (Wildman–Crippen LogP) is 2.75. The third kappa shape index (κ3) is 4.32. The molecular weight excluding hydrogens is 349 g/mol. The lowest BCUT2D eigenvalue weighted by Crippen LogP contribution is -2.48. The summed E-state index contributed by atoms with van der Waals surface area (Å²) in [6.45, 7) is 1.46. The highest BCUT2D eigenvalue weighted by atomic mass is 19.4. The summed E-state index contributed by atoms with van der Waals surface area (Å²) in [5, 5.41) is 9.11. The van der Waals surface area contributed by atoms with Gasteiger partial charge >= 0.3 is 12.1 Å². The number of rotatable bonds is 5. The minimum atomic E-state index is -4.56. The van der Waals surface area contributed by atoms with E-state index < -0.39 is 30.5 Å². The van der Waals surface area contributed by atoms with Crippen LogP contribution < -0.4 is 0 Å². The zero-order chi connectivity index (χ0) is 19.1. The number of carboxylic acids is 1. The molecule has 2 aliphatic carbocycles. The molecule has 0 radical (unpaired) electrons. The van der Waals surface area contributed by atoms with Gasteiger partial charge in [0.15, 0.2) is 0 Å². The van der Waals surface area contributed by atoms with Crippen LogP contribution in [0.25, 0.3) is 0 Å². The van der Waals surface area contributed by atoms with Crippen LogP contribution in [0.15, 0.2) is 0 Å². The van der Waals surface area contributed by atoms with Crippen LogP contribution in [0, 0.1) is 17.8 Å². The van der Waals surface area contributed by atoms with Crippen LogP contribution in [-0.4, -0.2) is 64.7 Å². The third-order valence-electron chi connectivity index (χ3n) is 6.10. The number of amides is 1. The standard InChI is InChI=1S/C18H27F3N2O3/c1-11-2-4-12(5-3-11)23(13-6-7-13)16(24)10-22-8-14(17(25)26)15(9-22)18(19,20)21/h11-15H,2-10H2,1H3,(H,25,26)/t11?,12?,14-,15-/m1/s1. The van der Waals surface area contributed by atoms with Gasteiger partial charge in [0.25, 0.3) is 0 Å². The van der Waals surface area contributed by atoms with Crippen molar-refractivity contribution in [1.82, 2.24) is 9.80 Å². The fraction of sp³-hybridized carbons (Fsp3) is 0.889. The first-order valence-electron chi connectivity index (χ1n) is 9.50. The van der Waals surface area contributed by atoms with Crippen molar-refractivity contribution in [3.05, 3.63) is 0 Å². The van der Waals surface area contributed by atoms with E-state index in [4.69, 9.17) is 5.11 Å². The number of carbonyl (C=O) groups is 2. The first-order valence-corrected chi connectivity index (χ1v) is 9.50. The number of hydrogen-bond donors (Lipinski definition) is 1. The number of likely N-dealkylation sites (tertiary alicyclic amines) is 1. The SMILES string of the molecule is CC1CCC(N(C(=O)CN2C[C@@H](C(F)(F)F)[C@H](C(=O)O)C2)C2CC2)CC1. The lowest BCUT2D eigenvalue weighted by atomic mass is 9.86. The van der Waals surface area contributed by atoms with Crippen LogP contribution in [0.3, 0.4) is 0 Å². The average molecular weight is 376 g/mol. The molecule has 1 heterocycles. The maximum atomic E-state index is 13.1. The highest BCUT2D eigenvalue weighted by molar-refractivity contribution is 5.79. The summed E-state index contributed by atoms with van der Waals surface area (Å²) < 4.78 is 39.4. The summed E-state index contributed by atoms with van der Waals surface area (Å²) in [4.78, 5) is 27.3. The maximum absolute atomic E-state index is 13.1. The number of hydrogen-bond acceptors (Lipinski definition) is 3. The van der Waals surface area contributed by atoms with Gasteiger partial charge < -0.3 is 10.0 Å². The van der Waals surface area contributed by atoms with E-state index in [9.17, 15) is 22.8 Å². The molecule has 0 aromatic rings. The molecule has 1 saturated heterocycles. The lowest BCUT2D eigenvalue weighted by Gasteiger charge is -2.37. The van der Waals surface area contributed by atoms with E-state index in [1.165, 1.54) is 4.90 Å². The van der Waals surface area contributed by atoms with Crippen molar-refractivity contribution in [3.8, 4) is 0 Å². The van der Waals surface area contributed by atoms with Gasteiger partial charge in [-0.05, 0) is 44.4 Å². The molecule has 2 atom stereocenters. The number of carbonyl (C=O) groups excluding carboxylic acids is 1. The normalized spacial score (nSPS) is 33.2. The smallest absolute Gasteiger partial charge is 0.393 e. The maximum Gasteiger partial charge on any atom is 0.393 e. The minimum Gasteiger partial charge on any atom is -0.481 e. The molecule has 2 saturated carbocycles. The van der Waals surface area contributed by atoms with E-state index >= 15 is 0 Å². The summed E-state index contributed by atoms with van der Waals surface area (Å²) in [5.41, 5.74) is 0. The van der Waals surface area contributed by atoms with Crippen LogP contribution in [0.4, 0.5) is 13.2 Å². The van der Waals surface area contributed by atoms with Gasteiger partial charge in [-0.15, -0.1) is 0 Å². The van der Waals surface area contributed by atoms with Gasteiger partial charge in [0.1, 0.15) is 0 Å². The second kappa shape index (κ2) is 7.37. The molecule has 26 heavy (non-hydrogen) atoms. The minimum absolute atomic E-state index is 0.112. The fourth-order valence-electron chi connectivity index (χ4n) is 4.45. The molecule has 5 nitrogen and oxygen atoms in total. The van der Waals surface area contributed by atoms with E-state index in [0.717, 1.165) is 38.5 Å². The van der Waals surface area contributed by atoms with E-state index in [1.807, 2.05) is 4.90 Å². The Bertz CT molecular complexity index is 542. The van der Waals surface area contributed by atoms with Gasteiger partial charge in [-0.2, -0.15) is 13.2 Å². The molecule has 3 fully saturated rings. The Morgan fingerprint density at radius 1 is 1.04 bits per heavy atom. The number of alkyl halides is 3.